The van der Waals surface area contributed by atoms with Crippen molar-refractivity contribution in [3.63, 3.8) is 0 Å². The molecule has 0 N–H and O–H groups in total. The largest absolute Gasteiger partial charge is 0.489 e. The number of fused-ring (bicyclic) bond motifs is 1. The molecule has 2 heterocycles. The van der Waals surface area contributed by atoms with E-state index in [1.807, 2.05) is 47.5 Å². The second-order valence-electron chi connectivity index (χ2n) is 5.94. The normalized spacial score (nSPS) is 19.2. The molecule has 0 fully saturated rings. The number of ether oxygens (including phenoxy) is 1. The molecular formula is C17H20N2O3S. The van der Waals surface area contributed by atoms with E-state index in [0.717, 1.165) is 11.3 Å². The highest BCUT2D eigenvalue weighted by atomic mass is 32.2. The van der Waals surface area contributed by atoms with Crippen molar-refractivity contribution in [3.8, 4) is 5.75 Å². The van der Waals surface area contributed by atoms with Crippen molar-refractivity contribution in [1.82, 2.24) is 4.90 Å². The van der Waals surface area contributed by atoms with Gasteiger partial charge in [-0.2, -0.15) is 0 Å². The summed E-state index contributed by atoms with van der Waals surface area (Å²) >= 11 is 0. The quantitative estimate of drug-likeness (QED) is 0.850. The fourth-order valence-corrected chi connectivity index (χ4v) is 3.50. The highest BCUT2D eigenvalue weighted by Crippen LogP contribution is 2.21. The van der Waals surface area contributed by atoms with Crippen LogP contribution in [0.25, 0.3) is 0 Å². The molecule has 5 nitrogen and oxygen atoms in total. The van der Waals surface area contributed by atoms with Crippen LogP contribution in [0.3, 0.4) is 0 Å². The Balaban J connectivity index is 1.73. The molecule has 0 atom stereocenters. The summed E-state index contributed by atoms with van der Waals surface area (Å²) < 4.78 is 33.1. The molecule has 0 amide bonds. The van der Waals surface area contributed by atoms with Crippen LogP contribution in [0.2, 0.25) is 0 Å². The zero-order valence-electron chi connectivity index (χ0n) is 13.3. The lowest BCUT2D eigenvalue weighted by molar-refractivity contribution is 0.354. The third-order valence-electron chi connectivity index (χ3n) is 3.88. The van der Waals surface area contributed by atoms with Crippen LogP contribution in [-0.2, 0) is 10.0 Å². The molecule has 6 heteroatoms. The minimum atomic E-state index is -3.37. The van der Waals surface area contributed by atoms with E-state index in [1.54, 1.807) is 0 Å². The second kappa shape index (κ2) is 6.20. The molecule has 2 aliphatic rings. The molecule has 0 aromatic heterocycles. The predicted octanol–water partition coefficient (Wildman–Crippen LogP) is 2.69. The van der Waals surface area contributed by atoms with Gasteiger partial charge in [0, 0.05) is 18.3 Å². The van der Waals surface area contributed by atoms with Crippen LogP contribution in [0.1, 0.15) is 25.3 Å². The highest BCUT2D eigenvalue weighted by molar-refractivity contribution is 7.90. The van der Waals surface area contributed by atoms with E-state index in [1.165, 1.54) is 5.56 Å². The van der Waals surface area contributed by atoms with E-state index in [2.05, 4.69) is 18.2 Å². The van der Waals surface area contributed by atoms with E-state index >= 15 is 0 Å². The highest BCUT2D eigenvalue weighted by Gasteiger charge is 2.26. The smallest absolute Gasteiger partial charge is 0.256 e. The summed E-state index contributed by atoms with van der Waals surface area (Å²) in [7, 11) is -3.37. The van der Waals surface area contributed by atoms with Gasteiger partial charge in [0.15, 0.2) is 5.84 Å². The second-order valence-corrected chi connectivity index (χ2v) is 7.69. The van der Waals surface area contributed by atoms with Crippen LogP contribution in [0.15, 0.2) is 52.6 Å². The molecule has 1 aromatic rings. The zero-order chi connectivity index (χ0) is 16.4. The van der Waals surface area contributed by atoms with Gasteiger partial charge in [0.2, 0.25) is 0 Å². The molecular weight excluding hydrogens is 312 g/mol. The SMILES string of the molecule is CC(C)c1ccc(OCC2=CC=CN3CCS(=O)(=O)N=C23)cc1. The molecule has 0 bridgehead atoms. The van der Waals surface area contributed by atoms with Gasteiger partial charge in [0.1, 0.15) is 12.4 Å². The topological polar surface area (TPSA) is 59.0 Å². The van der Waals surface area contributed by atoms with Crippen LogP contribution in [0, 0.1) is 0 Å². The molecule has 23 heavy (non-hydrogen) atoms. The van der Waals surface area contributed by atoms with Crippen molar-refractivity contribution in [3.05, 3.63) is 53.8 Å². The predicted molar refractivity (Wildman–Crippen MR) is 91.2 cm³/mol. The number of rotatable bonds is 4. The molecule has 0 radical (unpaired) electrons. The summed E-state index contributed by atoms with van der Waals surface area (Å²) in [6.45, 7) is 5.00. The summed E-state index contributed by atoms with van der Waals surface area (Å²) in [5.41, 5.74) is 2.02. The number of benzene rings is 1. The van der Waals surface area contributed by atoms with E-state index in [4.69, 9.17) is 4.74 Å². The van der Waals surface area contributed by atoms with Gasteiger partial charge in [-0.05, 0) is 29.7 Å². The van der Waals surface area contributed by atoms with Gasteiger partial charge in [0.25, 0.3) is 10.0 Å². The number of sulfonamides is 1. The van der Waals surface area contributed by atoms with Gasteiger partial charge in [-0.25, -0.2) is 8.42 Å². The Bertz CT molecular complexity index is 775. The van der Waals surface area contributed by atoms with Crippen molar-refractivity contribution >= 4 is 15.9 Å². The monoisotopic (exact) mass is 332 g/mol. The summed E-state index contributed by atoms with van der Waals surface area (Å²) in [6.07, 6.45) is 5.57. The Hall–Kier alpha value is -2.08. The van der Waals surface area contributed by atoms with Gasteiger partial charge >= 0.3 is 0 Å². The number of allylic oxidation sites excluding steroid dienone is 2. The Labute approximate surface area is 137 Å². The van der Waals surface area contributed by atoms with E-state index in [-0.39, 0.29) is 12.4 Å². The van der Waals surface area contributed by atoms with E-state index < -0.39 is 10.0 Å². The van der Waals surface area contributed by atoms with Crippen LogP contribution in [-0.4, -0.2) is 38.1 Å². The van der Waals surface area contributed by atoms with Crippen molar-refractivity contribution in [2.75, 3.05) is 18.9 Å². The van der Waals surface area contributed by atoms with Gasteiger partial charge in [0.05, 0.1) is 5.75 Å². The van der Waals surface area contributed by atoms with Crippen LogP contribution < -0.4 is 4.74 Å². The number of hydrogen-bond donors (Lipinski definition) is 0. The minimum Gasteiger partial charge on any atom is -0.489 e. The van der Waals surface area contributed by atoms with Gasteiger partial charge in [-0.3, -0.25) is 0 Å². The molecule has 0 saturated carbocycles. The van der Waals surface area contributed by atoms with Gasteiger partial charge in [-0.15, -0.1) is 4.40 Å². The molecule has 0 saturated heterocycles. The average Bonchev–Trinajstić information content (AvgIpc) is 2.52. The van der Waals surface area contributed by atoms with Crippen LogP contribution in [0.5, 0.6) is 5.75 Å². The van der Waals surface area contributed by atoms with Crippen LogP contribution in [0.4, 0.5) is 0 Å². The molecule has 0 spiro atoms. The van der Waals surface area contributed by atoms with Gasteiger partial charge in [-0.1, -0.05) is 32.1 Å². The Morgan fingerprint density at radius 3 is 2.70 bits per heavy atom. The summed E-state index contributed by atoms with van der Waals surface area (Å²) in [5, 5.41) is 0. The summed E-state index contributed by atoms with van der Waals surface area (Å²) in [6, 6.07) is 7.96. The van der Waals surface area contributed by atoms with Crippen molar-refractivity contribution in [2.24, 2.45) is 4.40 Å². The van der Waals surface area contributed by atoms with Crippen molar-refractivity contribution in [1.29, 1.82) is 0 Å². The molecule has 0 unspecified atom stereocenters. The molecule has 0 aliphatic carbocycles. The van der Waals surface area contributed by atoms with Crippen molar-refractivity contribution < 1.29 is 13.2 Å². The fourth-order valence-electron chi connectivity index (χ4n) is 2.50. The number of hydrogen-bond acceptors (Lipinski definition) is 4. The molecule has 2 aliphatic heterocycles. The zero-order valence-corrected chi connectivity index (χ0v) is 14.1. The first-order valence-corrected chi connectivity index (χ1v) is 9.25. The van der Waals surface area contributed by atoms with E-state index in [9.17, 15) is 8.42 Å². The Morgan fingerprint density at radius 2 is 2.00 bits per heavy atom. The van der Waals surface area contributed by atoms with Crippen LogP contribution >= 0.6 is 0 Å². The van der Waals surface area contributed by atoms with Crippen molar-refractivity contribution in [2.45, 2.75) is 19.8 Å². The molecule has 122 valence electrons. The van der Waals surface area contributed by atoms with E-state index in [0.29, 0.717) is 18.3 Å². The minimum absolute atomic E-state index is 0.0473. The number of amidine groups is 1. The fraction of sp³-hybridized carbons (Fsp3) is 0.353. The summed E-state index contributed by atoms with van der Waals surface area (Å²) in [5.74, 6) is 1.75. The maximum Gasteiger partial charge on any atom is 0.256 e. The maximum absolute atomic E-state index is 11.7. The first-order valence-electron chi connectivity index (χ1n) is 7.64. The lowest BCUT2D eigenvalue weighted by Crippen LogP contribution is -2.39. The maximum atomic E-state index is 11.7. The molecule has 3 rings (SSSR count). The lowest BCUT2D eigenvalue weighted by atomic mass is 10.0. The standard InChI is InChI=1S/C17H20N2O3S/c1-13(2)14-5-7-16(8-6-14)22-12-15-4-3-9-19-10-11-23(20,21)18-17(15)19/h3-9,13H,10-12H2,1-2H3. The summed E-state index contributed by atoms with van der Waals surface area (Å²) in [4.78, 5) is 1.85. The Kier molecular flexibility index (Phi) is 4.26. The lowest BCUT2D eigenvalue weighted by Gasteiger charge is -2.29. The Morgan fingerprint density at radius 1 is 1.26 bits per heavy atom. The third-order valence-corrected chi connectivity index (χ3v) is 5.03. The number of nitrogens with zero attached hydrogens (tertiary/aromatic N) is 2. The first kappa shape index (κ1) is 15.8. The van der Waals surface area contributed by atoms with Gasteiger partial charge < -0.3 is 9.64 Å². The third kappa shape index (κ3) is 3.64. The first-order chi connectivity index (χ1) is 10.9. The molecule has 1 aromatic carbocycles. The average molecular weight is 332 g/mol.